The smallest absolute Gasteiger partial charge is 0.330 e. The van der Waals surface area contributed by atoms with Gasteiger partial charge in [-0.2, -0.15) is 0 Å². The monoisotopic (exact) mass is 392 g/mol. The lowest BCUT2D eigenvalue weighted by Gasteiger charge is -2.20. The number of aryl methyl sites for hydroxylation is 1. The third-order valence-corrected chi connectivity index (χ3v) is 6.54. The van der Waals surface area contributed by atoms with Crippen LogP contribution in [0.3, 0.4) is 0 Å². The lowest BCUT2D eigenvalue weighted by Crippen LogP contribution is -2.36. The molecular weight excluding hydrogens is 366 g/mol. The molecule has 2 rings (SSSR count). The van der Waals surface area contributed by atoms with Crippen molar-refractivity contribution < 1.29 is 22.7 Å². The number of halogens is 1. The molecule has 0 radical (unpaired) electrons. The first kappa shape index (κ1) is 21.0. The Kier molecular flexibility index (Phi) is 6.96. The molecule has 0 saturated carbocycles. The van der Waals surface area contributed by atoms with Gasteiger partial charge in [-0.25, -0.2) is 9.18 Å². The number of nitrogens with one attached hydrogen (secondary N) is 1. The molecule has 4 unspecified atom stereocenters. The van der Waals surface area contributed by atoms with E-state index >= 15 is 0 Å². The number of rotatable bonds is 8. The van der Waals surface area contributed by atoms with Crippen LogP contribution >= 0.6 is 7.60 Å². The summed E-state index contributed by atoms with van der Waals surface area (Å²) in [6, 6.07) is 0. The highest BCUT2D eigenvalue weighted by molar-refractivity contribution is 7.53. The summed E-state index contributed by atoms with van der Waals surface area (Å²) in [6.07, 6.45) is -1.48. The number of H-pyrrole nitrogens is 1. The molecule has 0 bridgehead atoms. The van der Waals surface area contributed by atoms with Crippen molar-refractivity contribution in [1.29, 1.82) is 0 Å². The molecule has 0 spiro atoms. The number of nitrogens with zero attached hydrogens (tertiary/aromatic N) is 1. The molecule has 4 atom stereocenters. The minimum absolute atomic E-state index is 0.0999. The summed E-state index contributed by atoms with van der Waals surface area (Å²) in [5.41, 5.74) is -0.956. The summed E-state index contributed by atoms with van der Waals surface area (Å²) < 4.78 is 44.6. The summed E-state index contributed by atoms with van der Waals surface area (Å²) >= 11 is 0. The first-order valence-corrected chi connectivity index (χ1v) is 10.4. The van der Waals surface area contributed by atoms with Gasteiger partial charge in [0.2, 0.25) is 0 Å². The van der Waals surface area contributed by atoms with E-state index in [0.29, 0.717) is 0 Å². The summed E-state index contributed by atoms with van der Waals surface area (Å²) in [5, 5.41) is 0. The van der Waals surface area contributed by atoms with Gasteiger partial charge in [0, 0.05) is 17.7 Å². The first-order valence-electron chi connectivity index (χ1n) is 8.72. The Morgan fingerprint density at radius 2 is 1.92 bits per heavy atom. The van der Waals surface area contributed by atoms with Crippen LogP contribution in [0.15, 0.2) is 15.8 Å². The lowest BCUT2D eigenvalue weighted by atomic mass is 10.00. The van der Waals surface area contributed by atoms with Crippen LogP contribution in [0.5, 0.6) is 0 Å². The van der Waals surface area contributed by atoms with Crippen LogP contribution in [-0.4, -0.2) is 41.2 Å². The summed E-state index contributed by atoms with van der Waals surface area (Å²) in [7, 11) is -3.25. The Hall–Kier alpha value is -1.28. The minimum atomic E-state index is -3.25. The Bertz CT molecular complexity index is 769. The van der Waals surface area contributed by atoms with Gasteiger partial charge >= 0.3 is 13.3 Å². The van der Waals surface area contributed by atoms with Crippen molar-refractivity contribution in [2.45, 2.75) is 52.6 Å². The average molecular weight is 392 g/mol. The van der Waals surface area contributed by atoms with Crippen molar-refractivity contribution in [3.8, 4) is 0 Å². The van der Waals surface area contributed by atoms with E-state index in [9.17, 15) is 18.5 Å². The normalized spacial score (nSPS) is 26.3. The van der Waals surface area contributed by atoms with Gasteiger partial charge in [0.25, 0.3) is 5.56 Å². The fourth-order valence-electron chi connectivity index (χ4n) is 3.01. The average Bonchev–Trinajstić information content (AvgIpc) is 2.85. The second-order valence-electron chi connectivity index (χ2n) is 6.31. The maximum absolute atomic E-state index is 14.7. The lowest BCUT2D eigenvalue weighted by molar-refractivity contribution is -0.0239. The number of hydrogen-bond acceptors (Lipinski definition) is 6. The molecule has 26 heavy (non-hydrogen) atoms. The largest absolute Gasteiger partial charge is 0.351 e. The minimum Gasteiger partial charge on any atom is -0.351 e. The predicted molar refractivity (Wildman–Crippen MR) is 94.4 cm³/mol. The molecule has 148 valence electrons. The summed E-state index contributed by atoms with van der Waals surface area (Å²) in [5.74, 6) is -0.518. The van der Waals surface area contributed by atoms with Gasteiger partial charge in [-0.3, -0.25) is 18.9 Å². The molecule has 1 saturated heterocycles. The second kappa shape index (κ2) is 8.61. The number of aromatic amines is 1. The van der Waals surface area contributed by atoms with Gasteiger partial charge in [-0.1, -0.05) is 6.92 Å². The van der Waals surface area contributed by atoms with Crippen molar-refractivity contribution in [3.05, 3.63) is 32.6 Å². The summed E-state index contributed by atoms with van der Waals surface area (Å²) in [6.45, 7) is 7.14. The van der Waals surface area contributed by atoms with Gasteiger partial charge in [-0.05, 0) is 27.2 Å². The molecular formula is C16H26FN2O6P. The fourth-order valence-corrected chi connectivity index (χ4v) is 4.70. The topological polar surface area (TPSA) is 99.6 Å². The predicted octanol–water partition coefficient (Wildman–Crippen LogP) is 2.37. The Morgan fingerprint density at radius 3 is 2.50 bits per heavy atom. The van der Waals surface area contributed by atoms with Gasteiger partial charge in [-0.15, -0.1) is 0 Å². The molecule has 0 aliphatic carbocycles. The summed E-state index contributed by atoms with van der Waals surface area (Å²) in [4.78, 5) is 25.6. The molecule has 2 heterocycles. The molecule has 1 aromatic rings. The van der Waals surface area contributed by atoms with Crippen molar-refractivity contribution in [3.63, 3.8) is 0 Å². The SMILES string of the molecule is CCOP(=O)(CCC1OC(n2cc(C)c(=O)[nH]c2=O)C(F)C1C)OCC. The third-order valence-electron chi connectivity index (χ3n) is 4.43. The standard InChI is InChI=1S/C16H26FN2O6P/c1-5-23-26(22,24-6-2)8-7-12-11(4)13(17)15(25-12)19-9-10(3)14(20)18-16(19)21/h9,11-13,15H,5-8H2,1-4H3,(H,18,20,21). The second-order valence-corrected chi connectivity index (χ2v) is 8.49. The van der Waals surface area contributed by atoms with E-state index in [4.69, 9.17) is 13.8 Å². The van der Waals surface area contributed by atoms with Crippen LogP contribution in [-0.2, 0) is 18.3 Å². The Morgan fingerprint density at radius 1 is 1.31 bits per heavy atom. The van der Waals surface area contributed by atoms with Crippen LogP contribution in [0.4, 0.5) is 4.39 Å². The molecule has 0 aromatic carbocycles. The van der Waals surface area contributed by atoms with E-state index in [2.05, 4.69) is 4.98 Å². The Balaban J connectivity index is 2.15. The number of alkyl halides is 1. The van der Waals surface area contributed by atoms with Crippen LogP contribution in [0.1, 0.15) is 39.0 Å². The molecule has 8 nitrogen and oxygen atoms in total. The molecule has 0 amide bonds. The first-order chi connectivity index (χ1) is 12.2. The van der Waals surface area contributed by atoms with E-state index in [1.807, 2.05) is 0 Å². The fraction of sp³-hybridized carbons (Fsp3) is 0.750. The molecule has 1 aliphatic rings. The maximum Gasteiger partial charge on any atom is 0.330 e. The van der Waals surface area contributed by atoms with Gasteiger partial charge < -0.3 is 13.8 Å². The van der Waals surface area contributed by atoms with Gasteiger partial charge in [0.1, 0.15) is 0 Å². The van der Waals surface area contributed by atoms with E-state index in [1.165, 1.54) is 13.1 Å². The van der Waals surface area contributed by atoms with Gasteiger partial charge in [0.05, 0.1) is 25.5 Å². The van der Waals surface area contributed by atoms with E-state index in [-0.39, 0.29) is 31.4 Å². The van der Waals surface area contributed by atoms with Crippen LogP contribution < -0.4 is 11.2 Å². The van der Waals surface area contributed by atoms with Gasteiger partial charge in [0.15, 0.2) is 12.4 Å². The highest BCUT2D eigenvalue weighted by Crippen LogP contribution is 2.50. The van der Waals surface area contributed by atoms with Crippen LogP contribution in [0, 0.1) is 12.8 Å². The number of hydrogen-bond donors (Lipinski definition) is 1. The zero-order valence-corrected chi connectivity index (χ0v) is 16.3. The number of ether oxygens (including phenoxy) is 1. The highest BCUT2D eigenvalue weighted by atomic mass is 31.2. The molecule has 1 aliphatic heterocycles. The zero-order chi connectivity index (χ0) is 19.5. The molecule has 1 aromatic heterocycles. The van der Waals surface area contributed by atoms with E-state index in [0.717, 1.165) is 4.57 Å². The Labute approximate surface area is 151 Å². The van der Waals surface area contributed by atoms with E-state index in [1.54, 1.807) is 20.8 Å². The van der Waals surface area contributed by atoms with Crippen molar-refractivity contribution in [1.82, 2.24) is 9.55 Å². The van der Waals surface area contributed by atoms with Crippen LogP contribution in [0.2, 0.25) is 0 Å². The highest BCUT2D eigenvalue weighted by Gasteiger charge is 2.44. The molecule has 1 N–H and O–H groups in total. The molecule has 1 fully saturated rings. The van der Waals surface area contributed by atoms with Crippen LogP contribution in [0.25, 0.3) is 0 Å². The third kappa shape index (κ3) is 4.52. The number of aromatic nitrogens is 2. The van der Waals surface area contributed by atoms with Crippen molar-refractivity contribution >= 4 is 7.60 Å². The van der Waals surface area contributed by atoms with Crippen molar-refractivity contribution in [2.75, 3.05) is 19.4 Å². The zero-order valence-electron chi connectivity index (χ0n) is 15.4. The quantitative estimate of drug-likeness (QED) is 0.682. The van der Waals surface area contributed by atoms with Crippen molar-refractivity contribution in [2.24, 2.45) is 5.92 Å². The van der Waals surface area contributed by atoms with E-state index < -0.39 is 43.3 Å². The molecule has 10 heteroatoms. The maximum atomic E-state index is 14.7.